The van der Waals surface area contributed by atoms with Crippen molar-refractivity contribution in [3.05, 3.63) is 122 Å². The van der Waals surface area contributed by atoms with Crippen molar-refractivity contribution in [2.45, 2.75) is 89.9 Å². The number of carbonyl (C=O) groups excluding carboxylic acids is 1. The van der Waals surface area contributed by atoms with Crippen LogP contribution in [0.5, 0.6) is 0 Å². The Morgan fingerprint density at radius 3 is 2.02 bits per heavy atom. The molecule has 0 aliphatic heterocycles. The molecule has 2 atom stereocenters. The number of rotatable bonds is 15. The molecule has 5 rings (SSSR count). The van der Waals surface area contributed by atoms with E-state index in [1.54, 1.807) is 9.47 Å². The van der Waals surface area contributed by atoms with Crippen LogP contribution < -0.4 is 10.9 Å². The van der Waals surface area contributed by atoms with E-state index in [-0.39, 0.29) is 43.0 Å². The number of alkyl halides is 3. The highest BCUT2D eigenvalue weighted by atomic mass is 19.4. The summed E-state index contributed by atoms with van der Waals surface area (Å²) < 4.78 is 69.2. The Bertz CT molecular complexity index is 2120. The first kappa shape index (κ1) is 45.2. The molecule has 1 heterocycles. The predicted molar refractivity (Wildman–Crippen MR) is 202 cm³/mol. The monoisotopic (exact) mass is 816 g/mol. The van der Waals surface area contributed by atoms with Crippen LogP contribution in [0.4, 0.5) is 22.0 Å². The third-order valence-electron chi connectivity index (χ3n) is 9.53. The van der Waals surface area contributed by atoms with E-state index >= 15 is 0 Å². The second-order valence-electron chi connectivity index (χ2n) is 14.4. The average molecular weight is 817 g/mol. The molecule has 1 aliphatic rings. The zero-order valence-corrected chi connectivity index (χ0v) is 32.0. The van der Waals surface area contributed by atoms with Gasteiger partial charge in [0.25, 0.3) is 5.56 Å². The number of carboxylic acid groups (broad SMARTS) is 2. The smallest absolute Gasteiger partial charge is 0.416 e. The number of benzene rings is 3. The van der Waals surface area contributed by atoms with E-state index in [9.17, 15) is 41.1 Å². The molecule has 0 saturated carbocycles. The number of aliphatic hydroxyl groups excluding tert-OH is 2. The largest absolute Gasteiger partial charge is 0.479 e. The molecule has 5 N–H and O–H groups in total. The van der Waals surface area contributed by atoms with Gasteiger partial charge in [0.05, 0.1) is 5.56 Å². The number of likely N-dealkylation sites (N-methyl/N-ethyl adjacent to an activating group) is 1. The van der Waals surface area contributed by atoms with Gasteiger partial charge in [-0.25, -0.2) is 18.4 Å². The van der Waals surface area contributed by atoms with Gasteiger partial charge in [-0.05, 0) is 86.5 Å². The molecular formula is C41H45F5N4O8. The summed E-state index contributed by atoms with van der Waals surface area (Å²) in [5, 5.41) is 35.9. The van der Waals surface area contributed by atoms with Crippen LogP contribution in [0.3, 0.4) is 0 Å². The second kappa shape index (κ2) is 19.3. The van der Waals surface area contributed by atoms with Crippen molar-refractivity contribution < 1.29 is 56.8 Å². The topological polar surface area (TPSA) is 182 Å². The molecule has 0 bridgehead atoms. The Balaban J connectivity index is 0.000000657. The van der Waals surface area contributed by atoms with E-state index in [4.69, 9.17) is 20.4 Å². The number of hydrogen-bond donors (Lipinski definition) is 5. The Morgan fingerprint density at radius 2 is 1.47 bits per heavy atom. The highest BCUT2D eigenvalue weighted by Crippen LogP contribution is 2.31. The Kier molecular flexibility index (Phi) is 15.0. The highest BCUT2D eigenvalue weighted by Gasteiger charge is 2.31. The summed E-state index contributed by atoms with van der Waals surface area (Å²) in [7, 11) is 0. The van der Waals surface area contributed by atoms with Gasteiger partial charge in [0.15, 0.2) is 23.8 Å². The number of hydrogen-bond acceptors (Lipinski definition) is 8. The molecule has 2 unspecified atom stereocenters. The number of carbonyl (C=O) groups is 3. The summed E-state index contributed by atoms with van der Waals surface area (Å²) in [6.07, 6.45) is -6.77. The maximum absolute atomic E-state index is 14.5. The van der Waals surface area contributed by atoms with Crippen LogP contribution in [0, 0.1) is 11.6 Å². The first-order valence-electron chi connectivity index (χ1n) is 18.4. The van der Waals surface area contributed by atoms with E-state index in [0.29, 0.717) is 42.9 Å². The number of amides is 1. The molecule has 0 radical (unpaired) electrons. The fourth-order valence-corrected chi connectivity index (χ4v) is 6.65. The van der Waals surface area contributed by atoms with Crippen LogP contribution in [0.25, 0.3) is 11.1 Å². The van der Waals surface area contributed by atoms with E-state index < -0.39 is 53.1 Å². The molecule has 0 fully saturated rings. The molecule has 1 aliphatic carbocycles. The number of aryl methyl sites for hydroxylation is 2. The maximum Gasteiger partial charge on any atom is 0.416 e. The highest BCUT2D eigenvalue weighted by molar-refractivity contribution is 5.83. The van der Waals surface area contributed by atoms with Crippen LogP contribution in [0.15, 0.2) is 71.5 Å². The number of aliphatic carboxylic acids is 2. The quantitative estimate of drug-likeness (QED) is 0.105. The van der Waals surface area contributed by atoms with Crippen molar-refractivity contribution in [1.29, 1.82) is 0 Å². The second-order valence-corrected chi connectivity index (χ2v) is 14.4. The van der Waals surface area contributed by atoms with Gasteiger partial charge in [-0.3, -0.25) is 9.59 Å². The van der Waals surface area contributed by atoms with Gasteiger partial charge in [0.2, 0.25) is 5.91 Å². The number of aliphatic hydroxyl groups is 2. The van der Waals surface area contributed by atoms with Gasteiger partial charge < -0.3 is 35.2 Å². The number of halogens is 5. The normalized spacial score (nSPS) is 13.6. The predicted octanol–water partition coefficient (Wildman–Crippen LogP) is 4.78. The molecule has 58 heavy (non-hydrogen) atoms. The number of nitrogens with zero attached hydrogens (tertiary/aromatic N) is 3. The minimum Gasteiger partial charge on any atom is -0.479 e. The lowest BCUT2D eigenvalue weighted by atomic mass is 10.0. The van der Waals surface area contributed by atoms with Gasteiger partial charge in [-0.1, -0.05) is 55.5 Å². The first-order chi connectivity index (χ1) is 27.2. The lowest BCUT2D eigenvalue weighted by Crippen LogP contribution is -2.51. The van der Waals surface area contributed by atoms with Crippen molar-refractivity contribution in [2.24, 2.45) is 0 Å². The zero-order chi connectivity index (χ0) is 42.9. The van der Waals surface area contributed by atoms with E-state index in [1.807, 2.05) is 45.0 Å². The van der Waals surface area contributed by atoms with E-state index in [1.165, 1.54) is 24.3 Å². The number of carboxylic acids is 2. The number of aromatic nitrogens is 2. The zero-order valence-electron chi connectivity index (χ0n) is 32.0. The fraction of sp³-hybridized carbons (Fsp3) is 0.390. The Morgan fingerprint density at radius 1 is 0.879 bits per heavy atom. The van der Waals surface area contributed by atoms with Crippen LogP contribution in [0.2, 0.25) is 0 Å². The minimum absolute atomic E-state index is 0.0809. The number of fused-ring (bicyclic) bond motifs is 1. The molecule has 1 amide bonds. The third kappa shape index (κ3) is 11.8. The molecule has 17 heteroatoms. The van der Waals surface area contributed by atoms with Crippen LogP contribution >= 0.6 is 0 Å². The van der Waals surface area contributed by atoms with Crippen molar-refractivity contribution in [3.63, 3.8) is 0 Å². The summed E-state index contributed by atoms with van der Waals surface area (Å²) >= 11 is 0. The summed E-state index contributed by atoms with van der Waals surface area (Å²) in [5.41, 5.74) is 2.21. The number of nitrogens with one attached hydrogen (secondary N) is 1. The van der Waals surface area contributed by atoms with Crippen molar-refractivity contribution in [2.75, 3.05) is 13.1 Å². The molecule has 4 aromatic rings. The third-order valence-corrected chi connectivity index (χ3v) is 9.53. The SMILES string of the molecule is CCNC(C)(C)CN(Cc1ccc(-c2ccc(C(F)(F)F)cc2)cc1)C(=O)Cn1c(CCc2cccc(F)c2F)nc(=O)c2c1CCC2.O=C(O)C(O)C(O)C(=O)O. The fourth-order valence-electron chi connectivity index (χ4n) is 6.65. The maximum atomic E-state index is 14.5. The molecule has 12 nitrogen and oxygen atoms in total. The summed E-state index contributed by atoms with van der Waals surface area (Å²) in [4.78, 5) is 52.7. The lowest BCUT2D eigenvalue weighted by molar-refractivity contribution is -0.165. The lowest BCUT2D eigenvalue weighted by Gasteiger charge is -2.34. The van der Waals surface area contributed by atoms with Gasteiger partial charge >= 0.3 is 18.1 Å². The molecule has 0 saturated heterocycles. The Labute approximate surface area is 330 Å². The van der Waals surface area contributed by atoms with Gasteiger partial charge in [0, 0.05) is 36.3 Å². The molecule has 1 aromatic heterocycles. The molecule has 3 aromatic carbocycles. The van der Waals surface area contributed by atoms with Crippen LogP contribution in [-0.2, 0) is 59.3 Å². The van der Waals surface area contributed by atoms with Gasteiger partial charge in [-0.2, -0.15) is 18.2 Å². The first-order valence-corrected chi connectivity index (χ1v) is 18.4. The van der Waals surface area contributed by atoms with Crippen molar-refractivity contribution >= 4 is 17.8 Å². The molecule has 0 spiro atoms. The van der Waals surface area contributed by atoms with E-state index in [0.717, 1.165) is 41.4 Å². The summed E-state index contributed by atoms with van der Waals surface area (Å²) in [6, 6.07) is 16.3. The molecule has 312 valence electrons. The minimum atomic E-state index is -4.41. The average Bonchev–Trinajstić information content (AvgIpc) is 3.67. The Hall–Kier alpha value is -5.52. The summed E-state index contributed by atoms with van der Waals surface area (Å²) in [5.74, 6) is -5.28. The summed E-state index contributed by atoms with van der Waals surface area (Å²) in [6.45, 7) is 7.22. The van der Waals surface area contributed by atoms with E-state index in [2.05, 4.69) is 10.3 Å². The molecular weight excluding hydrogens is 771 g/mol. The van der Waals surface area contributed by atoms with Crippen molar-refractivity contribution in [3.8, 4) is 11.1 Å². The van der Waals surface area contributed by atoms with Crippen LogP contribution in [0.1, 0.15) is 61.0 Å². The standard InChI is InChI=1S/C37H39F5N4O2.C4H6O6/c1-4-43-36(2,3)23-45(21-24-11-13-25(14-12-24)26-15-18-28(19-16-26)37(40,41)42)33(47)22-46-31-10-6-8-29(31)35(48)44-32(46)20-17-27-7-5-9-30(38)34(27)39;5-1(3(7)8)2(6)4(9)10/h5,7,9,11-16,18-19,43H,4,6,8,10,17,20-23H2,1-3H3;1-2,5-6H,(H,7,8)(H,9,10). The van der Waals surface area contributed by atoms with Gasteiger partial charge in [0.1, 0.15) is 12.4 Å². The van der Waals surface area contributed by atoms with Crippen molar-refractivity contribution in [1.82, 2.24) is 19.8 Å². The van der Waals surface area contributed by atoms with Gasteiger partial charge in [-0.15, -0.1) is 0 Å². The van der Waals surface area contributed by atoms with Crippen LogP contribution in [-0.4, -0.2) is 83.6 Å².